The summed E-state index contributed by atoms with van der Waals surface area (Å²) < 4.78 is 0. The second-order valence-corrected chi connectivity index (χ2v) is 7.74. The summed E-state index contributed by atoms with van der Waals surface area (Å²) in [7, 11) is 2.15. The van der Waals surface area contributed by atoms with Crippen LogP contribution in [0, 0.1) is 0 Å². The smallest absolute Gasteiger partial charge is 0.0633 e. The molecule has 0 saturated heterocycles. The lowest BCUT2D eigenvalue weighted by atomic mass is 9.94. The van der Waals surface area contributed by atoms with Crippen molar-refractivity contribution < 1.29 is 10.2 Å². The highest BCUT2D eigenvalue weighted by Crippen LogP contribution is 2.18. The molecule has 1 aromatic rings. The van der Waals surface area contributed by atoms with Crippen LogP contribution < -0.4 is 10.6 Å². The van der Waals surface area contributed by atoms with Gasteiger partial charge >= 0.3 is 0 Å². The first kappa shape index (κ1) is 22.9. The first-order valence-corrected chi connectivity index (χ1v) is 10.4. The summed E-state index contributed by atoms with van der Waals surface area (Å²) in [6, 6.07) is 8.54. The summed E-state index contributed by atoms with van der Waals surface area (Å²) in [5, 5.41) is 18.5. The van der Waals surface area contributed by atoms with Crippen molar-refractivity contribution in [3.05, 3.63) is 29.8 Å². The van der Waals surface area contributed by atoms with Crippen LogP contribution in [0.25, 0.3) is 0 Å². The minimum atomic E-state index is -0.883. The van der Waals surface area contributed by atoms with E-state index in [-0.39, 0.29) is 13.2 Å². The van der Waals surface area contributed by atoms with E-state index >= 15 is 0 Å². The number of hydrogen-bond acceptors (Lipinski definition) is 4. The molecular formula is C22H40N2O2. The van der Waals surface area contributed by atoms with Crippen molar-refractivity contribution in [2.45, 2.75) is 76.7 Å². The Hall–Kier alpha value is -1.10. The van der Waals surface area contributed by atoms with Gasteiger partial charge in [-0.05, 0) is 37.0 Å². The summed E-state index contributed by atoms with van der Waals surface area (Å²) in [5.41, 5.74) is 7.47. The zero-order chi connectivity index (χ0) is 19.3. The quantitative estimate of drug-likeness (QED) is 0.413. The number of aliphatic hydroxyl groups is 2. The number of rotatable bonds is 15. The molecule has 0 radical (unpaired) electrons. The highest BCUT2D eigenvalue weighted by atomic mass is 16.3. The summed E-state index contributed by atoms with van der Waals surface area (Å²) in [5.74, 6) is 0. The van der Waals surface area contributed by atoms with Crippen LogP contribution in [0.4, 0.5) is 5.69 Å². The van der Waals surface area contributed by atoms with Gasteiger partial charge in [0.25, 0.3) is 0 Å². The van der Waals surface area contributed by atoms with Crippen molar-refractivity contribution in [1.82, 2.24) is 0 Å². The standard InChI is InChI=1S/C22H40N2O2/c1-3-4-5-6-7-8-9-10-17-24(2)21-13-11-20(12-14-21)15-16-22(23,18-25)19-26/h11-14,25-26H,3-10,15-19,23H2,1-2H3. The fourth-order valence-electron chi connectivity index (χ4n) is 3.13. The Morgan fingerprint density at radius 2 is 1.42 bits per heavy atom. The molecule has 4 N–H and O–H groups in total. The highest BCUT2D eigenvalue weighted by Gasteiger charge is 2.22. The third kappa shape index (κ3) is 9.02. The number of nitrogens with two attached hydrogens (primary N) is 1. The summed E-state index contributed by atoms with van der Waals surface area (Å²) in [6.45, 7) is 2.97. The van der Waals surface area contributed by atoms with Crippen LogP contribution in [0.2, 0.25) is 0 Å². The Labute approximate surface area is 160 Å². The van der Waals surface area contributed by atoms with Crippen molar-refractivity contribution in [3.8, 4) is 0 Å². The van der Waals surface area contributed by atoms with E-state index < -0.39 is 5.54 Å². The van der Waals surface area contributed by atoms with Gasteiger partial charge in [-0.3, -0.25) is 0 Å². The predicted molar refractivity (Wildman–Crippen MR) is 112 cm³/mol. The minimum Gasteiger partial charge on any atom is -0.394 e. The topological polar surface area (TPSA) is 69.7 Å². The molecule has 0 atom stereocenters. The van der Waals surface area contributed by atoms with Crippen LogP contribution in [-0.2, 0) is 6.42 Å². The second-order valence-electron chi connectivity index (χ2n) is 7.74. The Bertz CT molecular complexity index is 458. The Kier molecular flexibility index (Phi) is 11.6. The van der Waals surface area contributed by atoms with E-state index in [1.54, 1.807) is 0 Å². The third-order valence-electron chi connectivity index (χ3n) is 5.27. The first-order chi connectivity index (χ1) is 12.5. The molecule has 26 heavy (non-hydrogen) atoms. The number of hydrogen-bond donors (Lipinski definition) is 3. The molecule has 150 valence electrons. The average molecular weight is 365 g/mol. The van der Waals surface area contributed by atoms with E-state index in [1.165, 1.54) is 62.6 Å². The van der Waals surface area contributed by atoms with Gasteiger partial charge in [0.05, 0.1) is 18.8 Å². The van der Waals surface area contributed by atoms with Crippen LogP contribution in [0.1, 0.15) is 70.3 Å². The van der Waals surface area contributed by atoms with E-state index in [2.05, 4.69) is 43.1 Å². The van der Waals surface area contributed by atoms with Crippen LogP contribution in [-0.4, -0.2) is 42.6 Å². The molecule has 1 aromatic carbocycles. The van der Waals surface area contributed by atoms with Crippen LogP contribution in [0.5, 0.6) is 0 Å². The fraction of sp³-hybridized carbons (Fsp3) is 0.727. The van der Waals surface area contributed by atoms with Gasteiger partial charge in [-0.2, -0.15) is 0 Å². The Morgan fingerprint density at radius 3 is 1.96 bits per heavy atom. The van der Waals surface area contributed by atoms with Gasteiger partial charge in [0.1, 0.15) is 0 Å². The van der Waals surface area contributed by atoms with Crippen molar-refractivity contribution in [3.63, 3.8) is 0 Å². The first-order valence-electron chi connectivity index (χ1n) is 10.4. The van der Waals surface area contributed by atoms with E-state index in [4.69, 9.17) is 5.73 Å². The van der Waals surface area contributed by atoms with Gasteiger partial charge < -0.3 is 20.8 Å². The number of aryl methyl sites for hydroxylation is 1. The summed E-state index contributed by atoms with van der Waals surface area (Å²) in [6.07, 6.45) is 12.1. The number of aliphatic hydroxyl groups excluding tert-OH is 2. The zero-order valence-electron chi connectivity index (χ0n) is 16.9. The molecule has 1 rings (SSSR count). The number of benzene rings is 1. The molecule has 4 heteroatoms. The lowest BCUT2D eigenvalue weighted by Crippen LogP contribution is -2.47. The van der Waals surface area contributed by atoms with Gasteiger partial charge in [0, 0.05) is 19.3 Å². The van der Waals surface area contributed by atoms with Crippen LogP contribution in [0.3, 0.4) is 0 Å². The Morgan fingerprint density at radius 1 is 0.885 bits per heavy atom. The molecule has 0 amide bonds. The molecule has 0 spiro atoms. The lowest BCUT2D eigenvalue weighted by molar-refractivity contribution is 0.115. The highest BCUT2D eigenvalue weighted by molar-refractivity contribution is 5.46. The van der Waals surface area contributed by atoms with Gasteiger partial charge in [0.2, 0.25) is 0 Å². The average Bonchev–Trinajstić information content (AvgIpc) is 2.68. The van der Waals surface area contributed by atoms with Gasteiger partial charge in [-0.25, -0.2) is 0 Å². The molecule has 0 aromatic heterocycles. The zero-order valence-corrected chi connectivity index (χ0v) is 16.9. The summed E-state index contributed by atoms with van der Waals surface area (Å²) in [4.78, 5) is 2.32. The molecule has 0 unspecified atom stereocenters. The molecule has 4 nitrogen and oxygen atoms in total. The third-order valence-corrected chi connectivity index (χ3v) is 5.27. The van der Waals surface area contributed by atoms with Gasteiger partial charge in [-0.15, -0.1) is 0 Å². The molecule has 0 heterocycles. The normalized spacial score (nSPS) is 11.7. The molecule has 0 fully saturated rings. The molecule has 0 aliphatic rings. The number of unbranched alkanes of at least 4 members (excludes halogenated alkanes) is 7. The summed E-state index contributed by atoms with van der Waals surface area (Å²) >= 11 is 0. The SMILES string of the molecule is CCCCCCCCCCN(C)c1ccc(CCC(N)(CO)CO)cc1. The number of nitrogens with zero attached hydrogens (tertiary/aromatic N) is 1. The van der Waals surface area contributed by atoms with Crippen molar-refractivity contribution in [2.75, 3.05) is 31.7 Å². The van der Waals surface area contributed by atoms with Crippen molar-refractivity contribution in [2.24, 2.45) is 5.73 Å². The largest absolute Gasteiger partial charge is 0.394 e. The fourth-order valence-corrected chi connectivity index (χ4v) is 3.13. The van der Waals surface area contributed by atoms with Crippen molar-refractivity contribution in [1.29, 1.82) is 0 Å². The molecular weight excluding hydrogens is 324 g/mol. The minimum absolute atomic E-state index is 0.192. The monoisotopic (exact) mass is 364 g/mol. The molecule has 0 bridgehead atoms. The van der Waals surface area contributed by atoms with Crippen molar-refractivity contribution >= 4 is 5.69 Å². The maximum atomic E-state index is 9.26. The molecule has 0 aliphatic carbocycles. The maximum Gasteiger partial charge on any atom is 0.0633 e. The van der Waals surface area contributed by atoms with E-state index in [1.807, 2.05) is 0 Å². The van der Waals surface area contributed by atoms with Gasteiger partial charge in [-0.1, -0.05) is 64.0 Å². The van der Waals surface area contributed by atoms with Crippen LogP contribution in [0.15, 0.2) is 24.3 Å². The molecule has 0 saturated carbocycles. The Balaban J connectivity index is 2.25. The van der Waals surface area contributed by atoms with E-state index in [0.29, 0.717) is 6.42 Å². The maximum absolute atomic E-state index is 9.26. The van der Waals surface area contributed by atoms with E-state index in [9.17, 15) is 10.2 Å². The lowest BCUT2D eigenvalue weighted by Gasteiger charge is -2.24. The van der Waals surface area contributed by atoms with Crippen LogP contribution >= 0.6 is 0 Å². The molecule has 0 aliphatic heterocycles. The van der Waals surface area contributed by atoms with Gasteiger partial charge in [0.15, 0.2) is 0 Å². The number of anilines is 1. The second kappa shape index (κ2) is 13.1. The van der Waals surface area contributed by atoms with E-state index in [0.717, 1.165) is 13.0 Å². The predicted octanol–water partition coefficient (Wildman–Crippen LogP) is 3.88.